The van der Waals surface area contributed by atoms with Gasteiger partial charge in [0.15, 0.2) is 0 Å². The highest BCUT2D eigenvalue weighted by molar-refractivity contribution is 5.79. The summed E-state index contributed by atoms with van der Waals surface area (Å²) in [6.45, 7) is -0.738. The second-order valence-electron chi connectivity index (χ2n) is 3.17. The van der Waals surface area contributed by atoms with Gasteiger partial charge in [0.05, 0.1) is 11.8 Å². The number of aliphatic carboxylic acids is 1. The van der Waals surface area contributed by atoms with Crippen molar-refractivity contribution < 1.29 is 32.3 Å². The maximum Gasteiger partial charge on any atom is 0.416 e. The average molecular weight is 265 g/mol. The Labute approximate surface area is 98.5 Å². The molecule has 0 saturated heterocycles. The van der Waals surface area contributed by atoms with Gasteiger partial charge in [-0.05, 0) is 23.8 Å². The third-order valence-electron chi connectivity index (χ3n) is 1.71. The summed E-state index contributed by atoms with van der Waals surface area (Å²) in [5.41, 5.74) is -1.35. The Bertz CT molecular complexity index is 471. The number of carboxylic acids is 1. The van der Waals surface area contributed by atoms with Gasteiger partial charge in [-0.15, -0.1) is 0 Å². The molecule has 18 heavy (non-hydrogen) atoms. The SMILES string of the molecule is O=C(O)CO/N=C/c1cc(F)cc(C(F)(F)F)c1. The molecule has 0 aliphatic rings. The zero-order chi connectivity index (χ0) is 13.8. The van der Waals surface area contributed by atoms with Crippen LogP contribution in [-0.4, -0.2) is 23.9 Å². The maximum absolute atomic E-state index is 12.9. The molecule has 0 saturated carbocycles. The van der Waals surface area contributed by atoms with E-state index in [1.165, 1.54) is 0 Å². The summed E-state index contributed by atoms with van der Waals surface area (Å²) in [6, 6.07) is 1.81. The normalized spacial score (nSPS) is 11.8. The van der Waals surface area contributed by atoms with Crippen LogP contribution in [0.25, 0.3) is 0 Å². The minimum absolute atomic E-state index is 0.187. The van der Waals surface area contributed by atoms with Crippen LogP contribution in [0.4, 0.5) is 17.6 Å². The molecule has 0 atom stereocenters. The first-order valence-corrected chi connectivity index (χ1v) is 4.54. The zero-order valence-electron chi connectivity index (χ0n) is 8.74. The van der Waals surface area contributed by atoms with Gasteiger partial charge in [0, 0.05) is 0 Å². The monoisotopic (exact) mass is 265 g/mol. The minimum atomic E-state index is -4.67. The van der Waals surface area contributed by atoms with Gasteiger partial charge in [0.1, 0.15) is 5.82 Å². The molecular weight excluding hydrogens is 258 g/mol. The largest absolute Gasteiger partial charge is 0.479 e. The Morgan fingerprint density at radius 2 is 2.06 bits per heavy atom. The number of benzene rings is 1. The van der Waals surface area contributed by atoms with Gasteiger partial charge in [0.2, 0.25) is 6.61 Å². The predicted molar refractivity (Wildman–Crippen MR) is 52.6 cm³/mol. The molecule has 8 heteroatoms. The van der Waals surface area contributed by atoms with E-state index in [9.17, 15) is 22.4 Å². The molecule has 4 nitrogen and oxygen atoms in total. The van der Waals surface area contributed by atoms with E-state index < -0.39 is 30.1 Å². The summed E-state index contributed by atoms with van der Waals surface area (Å²) in [5, 5.41) is 11.3. The van der Waals surface area contributed by atoms with Gasteiger partial charge < -0.3 is 9.94 Å². The standard InChI is InChI=1S/C10H7F4NO3/c11-8-2-6(4-15-18-5-9(16)17)1-7(3-8)10(12,13)14/h1-4H,5H2,(H,16,17)/b15-4+. The molecular formula is C10H7F4NO3. The molecule has 0 aliphatic carbocycles. The molecule has 1 rings (SSSR count). The Kier molecular flexibility index (Phi) is 4.24. The van der Waals surface area contributed by atoms with Crippen LogP contribution in [0.2, 0.25) is 0 Å². The molecule has 1 aromatic rings. The number of rotatable bonds is 4. The van der Waals surface area contributed by atoms with Crippen LogP contribution >= 0.6 is 0 Å². The molecule has 98 valence electrons. The fraction of sp³-hybridized carbons (Fsp3) is 0.200. The second-order valence-corrected chi connectivity index (χ2v) is 3.17. The molecule has 0 amide bonds. The fourth-order valence-electron chi connectivity index (χ4n) is 1.04. The van der Waals surface area contributed by atoms with Gasteiger partial charge in [-0.2, -0.15) is 13.2 Å². The summed E-state index contributed by atoms with van der Waals surface area (Å²) in [7, 11) is 0. The second kappa shape index (κ2) is 5.48. The van der Waals surface area contributed by atoms with E-state index in [-0.39, 0.29) is 5.56 Å². The van der Waals surface area contributed by atoms with Crippen molar-refractivity contribution in [2.45, 2.75) is 6.18 Å². The number of hydrogen-bond donors (Lipinski definition) is 1. The van der Waals surface area contributed by atoms with Crippen molar-refractivity contribution in [2.24, 2.45) is 5.16 Å². The molecule has 0 fully saturated rings. The van der Waals surface area contributed by atoms with Crippen molar-refractivity contribution >= 4 is 12.2 Å². The molecule has 0 bridgehead atoms. The molecule has 0 radical (unpaired) electrons. The van der Waals surface area contributed by atoms with Crippen molar-refractivity contribution in [3.63, 3.8) is 0 Å². The first kappa shape index (κ1) is 13.9. The van der Waals surface area contributed by atoms with E-state index >= 15 is 0 Å². The number of alkyl halides is 3. The summed E-state index contributed by atoms with van der Waals surface area (Å²) in [6.07, 6.45) is -3.88. The van der Waals surface area contributed by atoms with E-state index in [1.54, 1.807) is 0 Å². The van der Waals surface area contributed by atoms with Gasteiger partial charge in [-0.25, -0.2) is 9.18 Å². The lowest BCUT2D eigenvalue weighted by atomic mass is 10.1. The Hall–Kier alpha value is -2.12. The molecule has 0 aliphatic heterocycles. The summed E-state index contributed by atoms with van der Waals surface area (Å²) in [4.78, 5) is 14.3. The highest BCUT2D eigenvalue weighted by Crippen LogP contribution is 2.30. The van der Waals surface area contributed by atoms with E-state index in [0.717, 1.165) is 12.3 Å². The third-order valence-corrected chi connectivity index (χ3v) is 1.71. The topological polar surface area (TPSA) is 58.9 Å². The predicted octanol–water partition coefficient (Wildman–Crippen LogP) is 2.28. The third kappa shape index (κ3) is 4.40. The number of carboxylic acid groups (broad SMARTS) is 1. The minimum Gasteiger partial charge on any atom is -0.479 e. The zero-order valence-corrected chi connectivity index (χ0v) is 8.74. The van der Waals surface area contributed by atoms with Crippen LogP contribution in [0.1, 0.15) is 11.1 Å². The number of hydrogen-bond acceptors (Lipinski definition) is 3. The van der Waals surface area contributed by atoms with E-state index in [0.29, 0.717) is 12.1 Å². The fourth-order valence-corrected chi connectivity index (χ4v) is 1.04. The van der Waals surface area contributed by atoms with Crippen LogP contribution in [0.5, 0.6) is 0 Å². The van der Waals surface area contributed by atoms with Crippen LogP contribution in [-0.2, 0) is 15.8 Å². The molecule has 0 spiro atoms. The Morgan fingerprint density at radius 3 is 2.61 bits per heavy atom. The molecule has 0 unspecified atom stereocenters. The quantitative estimate of drug-likeness (QED) is 0.516. The van der Waals surface area contributed by atoms with Crippen molar-refractivity contribution in [3.05, 3.63) is 35.1 Å². The van der Waals surface area contributed by atoms with Gasteiger partial charge in [-0.3, -0.25) is 0 Å². The average Bonchev–Trinajstić information content (AvgIpc) is 2.22. The summed E-state index contributed by atoms with van der Waals surface area (Å²) >= 11 is 0. The lowest BCUT2D eigenvalue weighted by Gasteiger charge is -2.07. The number of carbonyl (C=O) groups is 1. The van der Waals surface area contributed by atoms with E-state index in [4.69, 9.17) is 5.11 Å². The first-order chi connectivity index (χ1) is 8.29. The van der Waals surface area contributed by atoms with Crippen molar-refractivity contribution in [3.8, 4) is 0 Å². The van der Waals surface area contributed by atoms with E-state index in [2.05, 4.69) is 9.99 Å². The number of nitrogens with zero attached hydrogens (tertiary/aromatic N) is 1. The lowest BCUT2D eigenvalue weighted by molar-refractivity contribution is -0.142. The van der Waals surface area contributed by atoms with Crippen molar-refractivity contribution in [2.75, 3.05) is 6.61 Å². The van der Waals surface area contributed by atoms with Crippen LogP contribution < -0.4 is 0 Å². The van der Waals surface area contributed by atoms with Crippen LogP contribution in [0.15, 0.2) is 23.4 Å². The van der Waals surface area contributed by atoms with Gasteiger partial charge >= 0.3 is 12.1 Å². The maximum atomic E-state index is 12.9. The summed E-state index contributed by atoms with van der Waals surface area (Å²) in [5.74, 6) is -2.37. The smallest absolute Gasteiger partial charge is 0.416 e. The van der Waals surface area contributed by atoms with Gasteiger partial charge in [0.25, 0.3) is 0 Å². The molecule has 0 heterocycles. The molecule has 0 aromatic heterocycles. The number of oxime groups is 1. The molecule has 1 aromatic carbocycles. The lowest BCUT2D eigenvalue weighted by Crippen LogP contribution is -2.06. The van der Waals surface area contributed by atoms with Crippen LogP contribution in [0.3, 0.4) is 0 Å². The first-order valence-electron chi connectivity index (χ1n) is 4.54. The highest BCUT2D eigenvalue weighted by Gasteiger charge is 2.31. The van der Waals surface area contributed by atoms with Gasteiger partial charge in [-0.1, -0.05) is 5.16 Å². The van der Waals surface area contributed by atoms with Crippen LogP contribution in [0, 0.1) is 5.82 Å². The summed E-state index contributed by atoms with van der Waals surface area (Å²) < 4.78 is 49.9. The Morgan fingerprint density at radius 1 is 1.39 bits per heavy atom. The van der Waals surface area contributed by atoms with Crippen molar-refractivity contribution in [1.29, 1.82) is 0 Å². The highest BCUT2D eigenvalue weighted by atomic mass is 19.4. The van der Waals surface area contributed by atoms with E-state index in [1.807, 2.05) is 0 Å². The number of halogens is 4. The van der Waals surface area contributed by atoms with Crippen molar-refractivity contribution in [1.82, 2.24) is 0 Å². The Balaban J connectivity index is 2.84. The molecule has 1 N–H and O–H groups in total.